The Hall–Kier alpha value is -3.22. The van der Waals surface area contributed by atoms with Crippen LogP contribution in [0.2, 0.25) is 0 Å². The lowest BCUT2D eigenvalue weighted by atomic mass is 9.97. The highest BCUT2D eigenvalue weighted by atomic mass is 32.1. The van der Waals surface area contributed by atoms with E-state index in [1.165, 1.54) is 12.8 Å². The van der Waals surface area contributed by atoms with E-state index in [1.54, 1.807) is 24.5 Å². The van der Waals surface area contributed by atoms with Crippen LogP contribution in [0, 0.1) is 0 Å². The fourth-order valence-corrected chi connectivity index (χ4v) is 5.20. The Morgan fingerprint density at radius 3 is 2.58 bits per heavy atom. The topological polar surface area (TPSA) is 51.7 Å². The average Bonchev–Trinajstić information content (AvgIpc) is 3.54. The minimum atomic E-state index is -0.0330. The summed E-state index contributed by atoms with van der Waals surface area (Å²) < 4.78 is 12.4. The molecule has 3 heterocycles. The summed E-state index contributed by atoms with van der Waals surface area (Å²) in [6, 6.07) is 19.3. The van der Waals surface area contributed by atoms with Gasteiger partial charge in [-0.2, -0.15) is 0 Å². The van der Waals surface area contributed by atoms with Crippen molar-refractivity contribution >= 4 is 27.2 Å². The summed E-state index contributed by atoms with van der Waals surface area (Å²) in [5, 5.41) is 2.91. The highest BCUT2D eigenvalue weighted by molar-refractivity contribution is 7.17. The number of ether oxygens (including phenoxy) is 2. The van der Waals surface area contributed by atoms with E-state index in [0.29, 0.717) is 29.3 Å². The summed E-state index contributed by atoms with van der Waals surface area (Å²) in [6.07, 6.45) is 2.52. The maximum atomic E-state index is 13.6. The monoisotopic (exact) mass is 458 g/mol. The number of hydrogen-bond acceptors (Lipinski definition) is 6. The quantitative estimate of drug-likeness (QED) is 0.318. The van der Waals surface area contributed by atoms with Gasteiger partial charge in [-0.25, -0.2) is 4.98 Å². The van der Waals surface area contributed by atoms with E-state index in [2.05, 4.69) is 4.90 Å². The summed E-state index contributed by atoms with van der Waals surface area (Å²) in [6.45, 7) is 3.74. The van der Waals surface area contributed by atoms with Gasteiger partial charge in [0.2, 0.25) is 5.88 Å². The second-order valence-corrected chi connectivity index (χ2v) is 9.06. The van der Waals surface area contributed by atoms with Crippen molar-refractivity contribution in [3.05, 3.63) is 77.2 Å². The number of carbonyl (C=O) groups is 1. The van der Waals surface area contributed by atoms with Gasteiger partial charge >= 0.3 is 0 Å². The Morgan fingerprint density at radius 1 is 1.00 bits per heavy atom. The van der Waals surface area contributed by atoms with Crippen molar-refractivity contribution in [3.8, 4) is 22.9 Å². The fourth-order valence-electron chi connectivity index (χ4n) is 4.26. The van der Waals surface area contributed by atoms with Crippen LogP contribution in [-0.2, 0) is 0 Å². The molecule has 0 amide bonds. The zero-order valence-corrected chi connectivity index (χ0v) is 19.4. The van der Waals surface area contributed by atoms with Gasteiger partial charge in [0.25, 0.3) is 0 Å². The predicted molar refractivity (Wildman–Crippen MR) is 133 cm³/mol. The molecule has 0 bridgehead atoms. The number of methoxy groups -OCH3 is 1. The second-order valence-electron chi connectivity index (χ2n) is 8.15. The number of aromatic nitrogens is 1. The van der Waals surface area contributed by atoms with Gasteiger partial charge in [0.15, 0.2) is 5.78 Å². The van der Waals surface area contributed by atoms with Gasteiger partial charge in [0.05, 0.1) is 12.8 Å². The van der Waals surface area contributed by atoms with Crippen LogP contribution in [0.1, 0.15) is 28.8 Å². The number of pyridine rings is 1. The van der Waals surface area contributed by atoms with E-state index in [-0.39, 0.29) is 5.78 Å². The first-order chi connectivity index (χ1) is 16.2. The number of thiophene rings is 1. The van der Waals surface area contributed by atoms with Crippen molar-refractivity contribution < 1.29 is 14.3 Å². The van der Waals surface area contributed by atoms with Gasteiger partial charge < -0.3 is 9.47 Å². The maximum absolute atomic E-state index is 13.6. The molecule has 1 fully saturated rings. The summed E-state index contributed by atoms with van der Waals surface area (Å²) in [5.74, 6) is 1.26. The largest absolute Gasteiger partial charge is 0.497 e. The number of benzene rings is 2. The smallest absolute Gasteiger partial charge is 0.213 e. The van der Waals surface area contributed by atoms with E-state index in [1.807, 2.05) is 60.0 Å². The number of likely N-dealkylation sites (tertiary alicyclic amines) is 1. The van der Waals surface area contributed by atoms with Crippen molar-refractivity contribution in [2.24, 2.45) is 0 Å². The van der Waals surface area contributed by atoms with E-state index in [0.717, 1.165) is 41.0 Å². The molecule has 0 saturated carbocycles. The SMILES string of the molecule is COc1ccc(-c2nc(OCCN3CCCC3)ccc2C(=O)c2csc3ccccc23)cc1. The summed E-state index contributed by atoms with van der Waals surface area (Å²) in [5.41, 5.74) is 2.74. The predicted octanol–water partition coefficient (Wildman–Crippen LogP) is 5.68. The lowest BCUT2D eigenvalue weighted by Gasteiger charge is -2.15. The van der Waals surface area contributed by atoms with Gasteiger partial charge in [-0.15, -0.1) is 11.3 Å². The molecule has 2 aromatic carbocycles. The van der Waals surface area contributed by atoms with Gasteiger partial charge in [-0.05, 0) is 62.3 Å². The van der Waals surface area contributed by atoms with Crippen molar-refractivity contribution in [3.63, 3.8) is 0 Å². The molecule has 168 valence electrons. The third-order valence-electron chi connectivity index (χ3n) is 6.06. The number of hydrogen-bond donors (Lipinski definition) is 0. The molecule has 5 rings (SSSR count). The molecule has 0 spiro atoms. The highest BCUT2D eigenvalue weighted by Crippen LogP contribution is 2.32. The van der Waals surface area contributed by atoms with E-state index in [9.17, 15) is 4.79 Å². The molecule has 4 aromatic rings. The molecule has 1 aliphatic heterocycles. The molecule has 0 aliphatic carbocycles. The Morgan fingerprint density at radius 2 is 1.79 bits per heavy atom. The molecule has 2 aromatic heterocycles. The minimum Gasteiger partial charge on any atom is -0.497 e. The maximum Gasteiger partial charge on any atom is 0.213 e. The molecule has 0 N–H and O–H groups in total. The number of fused-ring (bicyclic) bond motifs is 1. The van der Waals surface area contributed by atoms with Crippen LogP contribution in [-0.4, -0.2) is 49.0 Å². The molecule has 0 atom stereocenters. The lowest BCUT2D eigenvalue weighted by Crippen LogP contribution is -2.25. The van der Waals surface area contributed by atoms with Gasteiger partial charge in [-0.3, -0.25) is 9.69 Å². The van der Waals surface area contributed by atoms with Crippen LogP contribution in [0.4, 0.5) is 0 Å². The zero-order chi connectivity index (χ0) is 22.6. The Bertz CT molecular complexity index is 1260. The third-order valence-corrected chi connectivity index (χ3v) is 7.02. The Balaban J connectivity index is 1.48. The van der Waals surface area contributed by atoms with E-state index >= 15 is 0 Å². The van der Waals surface area contributed by atoms with Crippen LogP contribution in [0.5, 0.6) is 11.6 Å². The molecule has 33 heavy (non-hydrogen) atoms. The molecular weight excluding hydrogens is 432 g/mol. The standard InChI is InChI=1S/C27H26N2O3S/c1-31-20-10-8-19(9-11-20)26-22(27(30)23-18-33-24-7-3-2-6-21(23)24)12-13-25(28-26)32-17-16-29-14-4-5-15-29/h2-3,6-13,18H,4-5,14-17H2,1H3. The zero-order valence-electron chi connectivity index (χ0n) is 18.6. The summed E-state index contributed by atoms with van der Waals surface area (Å²) in [7, 11) is 1.64. The lowest BCUT2D eigenvalue weighted by molar-refractivity contribution is 0.104. The van der Waals surface area contributed by atoms with Crippen LogP contribution in [0.15, 0.2) is 66.0 Å². The molecule has 0 unspecified atom stereocenters. The van der Waals surface area contributed by atoms with Crippen LogP contribution >= 0.6 is 11.3 Å². The van der Waals surface area contributed by atoms with Crippen molar-refractivity contribution in [2.75, 3.05) is 33.4 Å². The first kappa shape index (κ1) is 21.6. The highest BCUT2D eigenvalue weighted by Gasteiger charge is 2.20. The molecule has 0 radical (unpaired) electrons. The van der Waals surface area contributed by atoms with Crippen LogP contribution in [0.25, 0.3) is 21.3 Å². The van der Waals surface area contributed by atoms with Crippen LogP contribution in [0.3, 0.4) is 0 Å². The Labute approximate surface area is 197 Å². The van der Waals surface area contributed by atoms with Gasteiger partial charge in [0.1, 0.15) is 12.4 Å². The van der Waals surface area contributed by atoms with E-state index < -0.39 is 0 Å². The first-order valence-corrected chi connectivity index (χ1v) is 12.1. The summed E-state index contributed by atoms with van der Waals surface area (Å²) in [4.78, 5) is 20.8. The first-order valence-electron chi connectivity index (χ1n) is 11.2. The average molecular weight is 459 g/mol. The van der Waals surface area contributed by atoms with Gasteiger partial charge in [-0.1, -0.05) is 18.2 Å². The number of nitrogens with zero attached hydrogens (tertiary/aromatic N) is 2. The molecule has 6 heteroatoms. The van der Waals surface area contributed by atoms with Crippen LogP contribution < -0.4 is 9.47 Å². The number of rotatable bonds is 8. The van der Waals surface area contributed by atoms with Crippen molar-refractivity contribution in [1.82, 2.24) is 9.88 Å². The fraction of sp³-hybridized carbons (Fsp3) is 0.259. The van der Waals surface area contributed by atoms with Crippen molar-refractivity contribution in [2.45, 2.75) is 12.8 Å². The summed E-state index contributed by atoms with van der Waals surface area (Å²) >= 11 is 1.58. The molecule has 1 saturated heterocycles. The molecule has 5 nitrogen and oxygen atoms in total. The normalized spacial score (nSPS) is 14.0. The molecular formula is C27H26N2O3S. The van der Waals surface area contributed by atoms with E-state index in [4.69, 9.17) is 14.5 Å². The van der Waals surface area contributed by atoms with Gasteiger partial charge in [0, 0.05) is 44.8 Å². The third kappa shape index (κ3) is 4.63. The Kier molecular flexibility index (Phi) is 6.37. The molecule has 1 aliphatic rings. The minimum absolute atomic E-state index is 0.0330. The number of ketones is 1. The number of carbonyl (C=O) groups excluding carboxylic acids is 1. The second kappa shape index (κ2) is 9.73. The van der Waals surface area contributed by atoms with Crippen molar-refractivity contribution in [1.29, 1.82) is 0 Å².